The number of nitrogens with zero attached hydrogens (tertiary/aromatic N) is 2. The molecule has 0 aromatic carbocycles. The van der Waals surface area contributed by atoms with Crippen LogP contribution in [0.5, 0.6) is 0 Å². The Morgan fingerprint density at radius 2 is 2.09 bits per heavy atom. The lowest BCUT2D eigenvalue weighted by Gasteiger charge is -2.25. The highest BCUT2D eigenvalue weighted by Crippen LogP contribution is 2.17. The Hall–Kier alpha value is -2.29. The lowest BCUT2D eigenvalue weighted by Crippen LogP contribution is -2.40. The highest BCUT2D eigenvalue weighted by atomic mass is 16.5. The van der Waals surface area contributed by atoms with E-state index in [9.17, 15) is 14.4 Å². The van der Waals surface area contributed by atoms with Crippen molar-refractivity contribution in [1.29, 1.82) is 0 Å². The molecule has 0 radical (unpaired) electrons. The minimum Gasteiger partial charge on any atom is -0.481 e. The number of aliphatic carboxylic acids is 1. The van der Waals surface area contributed by atoms with Crippen LogP contribution in [-0.2, 0) is 16.1 Å². The van der Waals surface area contributed by atoms with Gasteiger partial charge >= 0.3 is 11.7 Å². The van der Waals surface area contributed by atoms with Gasteiger partial charge in [0.15, 0.2) is 0 Å². The molecule has 1 aromatic rings. The molecule has 0 aliphatic carbocycles. The third-order valence-electron chi connectivity index (χ3n) is 3.43. The maximum Gasteiger partial charge on any atom is 0.330 e. The normalized spacial score (nSPS) is 10.7. The highest BCUT2D eigenvalue weighted by Gasteiger charge is 2.19. The van der Waals surface area contributed by atoms with E-state index in [1.807, 2.05) is 6.92 Å². The SMILES string of the molecule is CCCCn1c(N)c(N(CCOC)CCC(=O)O)c(=O)[nH]c1=O. The minimum atomic E-state index is -0.985. The minimum absolute atomic E-state index is 0.0497. The van der Waals surface area contributed by atoms with Gasteiger partial charge in [0.05, 0.1) is 13.0 Å². The monoisotopic (exact) mass is 328 g/mol. The maximum absolute atomic E-state index is 12.2. The molecule has 0 bridgehead atoms. The van der Waals surface area contributed by atoms with Crippen molar-refractivity contribution in [3.8, 4) is 0 Å². The van der Waals surface area contributed by atoms with E-state index in [0.29, 0.717) is 19.7 Å². The molecule has 0 saturated carbocycles. The Morgan fingerprint density at radius 3 is 2.65 bits per heavy atom. The number of anilines is 2. The number of aromatic nitrogens is 2. The molecule has 0 unspecified atom stereocenters. The van der Waals surface area contributed by atoms with Gasteiger partial charge in [0, 0.05) is 26.7 Å². The van der Waals surface area contributed by atoms with E-state index in [2.05, 4.69) is 4.98 Å². The first-order chi connectivity index (χ1) is 10.9. The Bertz CT molecular complexity index is 637. The summed E-state index contributed by atoms with van der Waals surface area (Å²) in [6, 6.07) is 0. The summed E-state index contributed by atoms with van der Waals surface area (Å²) < 4.78 is 6.29. The number of hydrogen-bond acceptors (Lipinski definition) is 6. The molecule has 1 aromatic heterocycles. The Morgan fingerprint density at radius 1 is 1.39 bits per heavy atom. The van der Waals surface area contributed by atoms with Crippen LogP contribution in [0.15, 0.2) is 9.59 Å². The predicted molar refractivity (Wildman–Crippen MR) is 87.0 cm³/mol. The van der Waals surface area contributed by atoms with Crippen molar-refractivity contribution < 1.29 is 14.6 Å². The van der Waals surface area contributed by atoms with Gasteiger partial charge in [-0.15, -0.1) is 0 Å². The van der Waals surface area contributed by atoms with Gasteiger partial charge in [-0.2, -0.15) is 0 Å². The van der Waals surface area contributed by atoms with E-state index in [1.165, 1.54) is 16.6 Å². The number of methoxy groups -OCH3 is 1. The summed E-state index contributed by atoms with van der Waals surface area (Å²) in [6.07, 6.45) is 1.45. The van der Waals surface area contributed by atoms with Crippen LogP contribution >= 0.6 is 0 Å². The summed E-state index contributed by atoms with van der Waals surface area (Å²) >= 11 is 0. The fourth-order valence-corrected chi connectivity index (χ4v) is 2.19. The van der Waals surface area contributed by atoms with Gasteiger partial charge in [-0.05, 0) is 6.42 Å². The van der Waals surface area contributed by atoms with Crippen LogP contribution in [0.3, 0.4) is 0 Å². The van der Waals surface area contributed by atoms with Crippen LogP contribution in [0, 0.1) is 0 Å². The second-order valence-electron chi connectivity index (χ2n) is 5.12. The van der Waals surface area contributed by atoms with Gasteiger partial charge in [0.25, 0.3) is 5.56 Å². The van der Waals surface area contributed by atoms with Crippen molar-refractivity contribution in [2.24, 2.45) is 0 Å². The summed E-state index contributed by atoms with van der Waals surface area (Å²) in [5, 5.41) is 8.86. The molecule has 130 valence electrons. The van der Waals surface area contributed by atoms with Gasteiger partial charge in [-0.1, -0.05) is 13.3 Å². The number of carboxylic acids is 1. The number of ether oxygens (including phenoxy) is 1. The fourth-order valence-electron chi connectivity index (χ4n) is 2.19. The molecule has 0 spiro atoms. The van der Waals surface area contributed by atoms with Crippen LogP contribution in [0.4, 0.5) is 11.5 Å². The molecule has 0 amide bonds. The maximum atomic E-state index is 12.2. The van der Waals surface area contributed by atoms with E-state index in [0.717, 1.165) is 12.8 Å². The van der Waals surface area contributed by atoms with Crippen molar-refractivity contribution in [2.75, 3.05) is 37.4 Å². The first-order valence-electron chi connectivity index (χ1n) is 7.50. The number of nitrogen functional groups attached to an aromatic ring is 1. The predicted octanol–water partition coefficient (Wildman–Crippen LogP) is -0.154. The molecule has 9 nitrogen and oxygen atoms in total. The van der Waals surface area contributed by atoms with Crippen molar-refractivity contribution >= 4 is 17.5 Å². The fraction of sp³-hybridized carbons (Fsp3) is 0.643. The standard InChI is InChI=1S/C14H24N4O5/c1-3-4-6-18-12(15)11(13(21)16-14(18)22)17(8-9-23-2)7-5-10(19)20/h3-9,15H2,1-2H3,(H,19,20)(H,16,21,22). The van der Waals surface area contributed by atoms with Crippen molar-refractivity contribution in [3.63, 3.8) is 0 Å². The Balaban J connectivity index is 3.24. The van der Waals surface area contributed by atoms with Crippen LogP contribution in [0.1, 0.15) is 26.2 Å². The van der Waals surface area contributed by atoms with Crippen molar-refractivity contribution in [1.82, 2.24) is 9.55 Å². The lowest BCUT2D eigenvalue weighted by molar-refractivity contribution is -0.136. The Kier molecular flexibility index (Phi) is 7.33. The van der Waals surface area contributed by atoms with E-state index >= 15 is 0 Å². The van der Waals surface area contributed by atoms with Gasteiger partial charge in [0.2, 0.25) is 0 Å². The quantitative estimate of drug-likeness (QED) is 0.544. The average molecular weight is 328 g/mol. The van der Waals surface area contributed by atoms with Crippen LogP contribution < -0.4 is 21.9 Å². The number of nitrogens with two attached hydrogens (primary N) is 1. The third-order valence-corrected chi connectivity index (χ3v) is 3.43. The number of H-pyrrole nitrogens is 1. The molecule has 0 aliphatic rings. The van der Waals surface area contributed by atoms with Gasteiger partial charge in [-0.25, -0.2) is 4.79 Å². The van der Waals surface area contributed by atoms with E-state index in [-0.39, 0.29) is 24.5 Å². The number of aromatic amines is 1. The van der Waals surface area contributed by atoms with Crippen molar-refractivity contribution in [2.45, 2.75) is 32.7 Å². The van der Waals surface area contributed by atoms with Gasteiger partial charge in [0.1, 0.15) is 11.5 Å². The molecular formula is C14H24N4O5. The van der Waals surface area contributed by atoms with E-state index in [4.69, 9.17) is 15.6 Å². The largest absolute Gasteiger partial charge is 0.481 e. The topological polar surface area (TPSA) is 131 Å². The zero-order valence-electron chi connectivity index (χ0n) is 13.5. The Labute approximate surface area is 133 Å². The molecule has 4 N–H and O–H groups in total. The molecular weight excluding hydrogens is 304 g/mol. The summed E-state index contributed by atoms with van der Waals surface area (Å²) in [6.45, 7) is 3.06. The molecule has 0 atom stereocenters. The summed E-state index contributed by atoms with van der Waals surface area (Å²) in [4.78, 5) is 38.7. The van der Waals surface area contributed by atoms with Crippen LogP contribution in [-0.4, -0.2) is 47.4 Å². The second-order valence-corrected chi connectivity index (χ2v) is 5.12. The lowest BCUT2D eigenvalue weighted by atomic mass is 10.3. The molecule has 1 rings (SSSR count). The van der Waals surface area contributed by atoms with E-state index in [1.54, 1.807) is 0 Å². The van der Waals surface area contributed by atoms with Crippen molar-refractivity contribution in [3.05, 3.63) is 20.8 Å². The molecule has 23 heavy (non-hydrogen) atoms. The first kappa shape index (κ1) is 18.8. The average Bonchev–Trinajstić information content (AvgIpc) is 2.48. The van der Waals surface area contributed by atoms with Crippen LogP contribution in [0.25, 0.3) is 0 Å². The first-order valence-corrected chi connectivity index (χ1v) is 7.50. The molecule has 0 aliphatic heterocycles. The number of hydrogen-bond donors (Lipinski definition) is 3. The second kappa shape index (κ2) is 8.99. The summed E-state index contributed by atoms with van der Waals surface area (Å²) in [5.74, 6) is -0.935. The summed E-state index contributed by atoms with van der Waals surface area (Å²) in [5.41, 5.74) is 4.94. The number of rotatable bonds is 10. The molecule has 1 heterocycles. The van der Waals surface area contributed by atoms with Gasteiger partial charge in [-0.3, -0.25) is 19.1 Å². The number of nitrogens with one attached hydrogen (secondary N) is 1. The van der Waals surface area contributed by atoms with Gasteiger partial charge < -0.3 is 20.5 Å². The third kappa shape index (κ3) is 5.13. The van der Waals surface area contributed by atoms with Crippen LogP contribution in [0.2, 0.25) is 0 Å². The molecule has 0 fully saturated rings. The number of carboxylic acid groups (broad SMARTS) is 1. The number of carbonyl (C=O) groups is 1. The molecule has 9 heteroatoms. The number of unbranched alkanes of at least 4 members (excludes halogenated alkanes) is 1. The zero-order chi connectivity index (χ0) is 17.4. The highest BCUT2D eigenvalue weighted by molar-refractivity contribution is 5.69. The zero-order valence-corrected chi connectivity index (χ0v) is 13.5. The molecule has 0 saturated heterocycles. The van der Waals surface area contributed by atoms with E-state index < -0.39 is 17.2 Å². The summed E-state index contributed by atoms with van der Waals surface area (Å²) in [7, 11) is 1.51. The smallest absolute Gasteiger partial charge is 0.330 e.